The molecule has 1 aromatic heterocycles. The first kappa shape index (κ1) is 15.9. The van der Waals surface area contributed by atoms with Crippen LogP contribution in [0.5, 0.6) is 11.6 Å². The van der Waals surface area contributed by atoms with Crippen LogP contribution in [0.3, 0.4) is 0 Å². The van der Waals surface area contributed by atoms with Crippen molar-refractivity contribution in [3.63, 3.8) is 0 Å². The lowest BCUT2D eigenvalue weighted by Crippen LogP contribution is -2.14. The molecule has 21 heavy (non-hydrogen) atoms. The van der Waals surface area contributed by atoms with E-state index in [0.29, 0.717) is 22.6 Å². The van der Waals surface area contributed by atoms with Crippen molar-refractivity contribution in [2.45, 2.75) is 27.3 Å². The van der Waals surface area contributed by atoms with E-state index < -0.39 is 0 Å². The van der Waals surface area contributed by atoms with E-state index in [1.165, 1.54) is 12.1 Å². The van der Waals surface area contributed by atoms with Crippen molar-refractivity contribution < 1.29 is 9.13 Å². The van der Waals surface area contributed by atoms with Crippen LogP contribution in [0.2, 0.25) is 0 Å². The Morgan fingerprint density at radius 2 is 2.05 bits per heavy atom. The summed E-state index contributed by atoms with van der Waals surface area (Å²) < 4.78 is 19.9. The SMILES string of the molecule is CCNCc1c(C)cc(C)nc1Oc1cc(F)ccc1Br. The average Bonchev–Trinajstić information content (AvgIpc) is 2.42. The molecule has 0 aliphatic carbocycles. The summed E-state index contributed by atoms with van der Waals surface area (Å²) in [5.74, 6) is 0.593. The smallest absolute Gasteiger partial charge is 0.224 e. The number of pyridine rings is 1. The molecule has 2 aromatic rings. The van der Waals surface area contributed by atoms with Crippen molar-refractivity contribution in [1.29, 1.82) is 0 Å². The minimum atomic E-state index is -0.342. The van der Waals surface area contributed by atoms with Gasteiger partial charge in [-0.3, -0.25) is 0 Å². The molecular weight excluding hydrogens is 335 g/mol. The molecule has 0 aliphatic rings. The molecule has 0 saturated carbocycles. The number of hydrogen-bond donors (Lipinski definition) is 1. The molecule has 1 N–H and O–H groups in total. The normalized spacial score (nSPS) is 10.7. The van der Waals surface area contributed by atoms with Crippen LogP contribution < -0.4 is 10.1 Å². The predicted molar refractivity (Wildman–Crippen MR) is 85.3 cm³/mol. The molecule has 1 heterocycles. The molecular formula is C16H18BrFN2O. The maximum Gasteiger partial charge on any atom is 0.224 e. The quantitative estimate of drug-likeness (QED) is 0.859. The molecule has 0 radical (unpaired) electrons. The number of nitrogens with zero attached hydrogens (tertiary/aromatic N) is 1. The fourth-order valence-corrected chi connectivity index (χ4v) is 2.37. The zero-order chi connectivity index (χ0) is 15.4. The molecule has 1 aromatic carbocycles. The van der Waals surface area contributed by atoms with Gasteiger partial charge in [0, 0.05) is 23.9 Å². The maximum atomic E-state index is 13.4. The standard InChI is InChI=1S/C16H18BrFN2O/c1-4-19-9-13-10(2)7-11(3)20-16(13)21-15-8-12(18)5-6-14(15)17/h5-8,19H,4,9H2,1-3H3. The lowest BCUT2D eigenvalue weighted by atomic mass is 10.1. The van der Waals surface area contributed by atoms with Gasteiger partial charge < -0.3 is 10.1 Å². The predicted octanol–water partition coefficient (Wildman–Crippen LogP) is 4.50. The molecule has 0 spiro atoms. The third-order valence-corrected chi connectivity index (χ3v) is 3.74. The second-order valence-electron chi connectivity index (χ2n) is 4.82. The summed E-state index contributed by atoms with van der Waals surface area (Å²) in [6.45, 7) is 7.50. The van der Waals surface area contributed by atoms with Crippen molar-refractivity contribution in [2.75, 3.05) is 6.54 Å². The Morgan fingerprint density at radius 3 is 2.76 bits per heavy atom. The average molecular weight is 353 g/mol. The summed E-state index contributed by atoms with van der Waals surface area (Å²) in [6, 6.07) is 6.36. The minimum Gasteiger partial charge on any atom is -0.437 e. The maximum absolute atomic E-state index is 13.4. The van der Waals surface area contributed by atoms with E-state index in [1.54, 1.807) is 6.07 Å². The third-order valence-electron chi connectivity index (χ3n) is 3.09. The van der Waals surface area contributed by atoms with Gasteiger partial charge in [0.05, 0.1) is 4.47 Å². The van der Waals surface area contributed by atoms with Crippen LogP contribution >= 0.6 is 15.9 Å². The lowest BCUT2D eigenvalue weighted by molar-refractivity contribution is 0.444. The molecule has 2 rings (SSSR count). The van der Waals surface area contributed by atoms with Gasteiger partial charge in [-0.15, -0.1) is 0 Å². The van der Waals surface area contributed by atoms with E-state index in [1.807, 2.05) is 26.8 Å². The summed E-state index contributed by atoms with van der Waals surface area (Å²) in [7, 11) is 0. The Labute approximate surface area is 132 Å². The second-order valence-corrected chi connectivity index (χ2v) is 5.68. The Morgan fingerprint density at radius 1 is 1.29 bits per heavy atom. The molecule has 0 atom stereocenters. The zero-order valence-corrected chi connectivity index (χ0v) is 13.9. The number of rotatable bonds is 5. The van der Waals surface area contributed by atoms with E-state index in [2.05, 4.69) is 26.2 Å². The first-order valence-electron chi connectivity index (χ1n) is 6.82. The van der Waals surface area contributed by atoms with E-state index in [9.17, 15) is 4.39 Å². The first-order chi connectivity index (χ1) is 10.0. The fraction of sp³-hybridized carbons (Fsp3) is 0.312. The van der Waals surface area contributed by atoms with Gasteiger partial charge in [0.25, 0.3) is 0 Å². The molecule has 0 bridgehead atoms. The Balaban J connectivity index is 2.40. The highest BCUT2D eigenvalue weighted by molar-refractivity contribution is 9.10. The van der Waals surface area contributed by atoms with Gasteiger partial charge in [-0.25, -0.2) is 9.37 Å². The van der Waals surface area contributed by atoms with Crippen molar-refractivity contribution in [3.05, 3.63) is 51.4 Å². The van der Waals surface area contributed by atoms with Gasteiger partial charge in [0.2, 0.25) is 5.88 Å². The van der Waals surface area contributed by atoms with Gasteiger partial charge in [-0.2, -0.15) is 0 Å². The number of aryl methyl sites for hydroxylation is 2. The third kappa shape index (κ3) is 4.02. The minimum absolute atomic E-state index is 0.342. The van der Waals surface area contributed by atoms with Gasteiger partial charge in [-0.05, 0) is 60.1 Å². The first-order valence-corrected chi connectivity index (χ1v) is 7.61. The number of hydrogen-bond acceptors (Lipinski definition) is 3. The Bertz CT molecular complexity index is 646. The largest absolute Gasteiger partial charge is 0.437 e. The van der Waals surface area contributed by atoms with Gasteiger partial charge >= 0.3 is 0 Å². The van der Waals surface area contributed by atoms with Gasteiger partial charge in [0.15, 0.2) is 0 Å². The molecule has 0 unspecified atom stereocenters. The van der Waals surface area contributed by atoms with Crippen molar-refractivity contribution >= 4 is 15.9 Å². The zero-order valence-electron chi connectivity index (χ0n) is 12.3. The number of aromatic nitrogens is 1. The van der Waals surface area contributed by atoms with Crippen LogP contribution in [0.4, 0.5) is 4.39 Å². The molecule has 5 heteroatoms. The number of nitrogens with one attached hydrogen (secondary N) is 1. The van der Waals surface area contributed by atoms with E-state index >= 15 is 0 Å². The van der Waals surface area contributed by atoms with Gasteiger partial charge in [-0.1, -0.05) is 6.92 Å². The Hall–Kier alpha value is -1.46. The molecule has 0 amide bonds. The lowest BCUT2D eigenvalue weighted by Gasteiger charge is -2.15. The van der Waals surface area contributed by atoms with Crippen molar-refractivity contribution in [2.24, 2.45) is 0 Å². The topological polar surface area (TPSA) is 34.2 Å². The second kappa shape index (κ2) is 7.00. The van der Waals surface area contributed by atoms with Crippen LogP contribution in [0, 0.1) is 19.7 Å². The highest BCUT2D eigenvalue weighted by Gasteiger charge is 2.13. The van der Waals surface area contributed by atoms with Crippen LogP contribution in [0.25, 0.3) is 0 Å². The van der Waals surface area contributed by atoms with Crippen molar-refractivity contribution in [3.8, 4) is 11.6 Å². The molecule has 112 valence electrons. The van der Waals surface area contributed by atoms with Crippen LogP contribution in [0.15, 0.2) is 28.7 Å². The molecule has 3 nitrogen and oxygen atoms in total. The number of halogens is 2. The number of ether oxygens (including phenoxy) is 1. The Kier molecular flexibility index (Phi) is 5.31. The molecule has 0 aliphatic heterocycles. The van der Waals surface area contributed by atoms with E-state index in [0.717, 1.165) is 23.4 Å². The summed E-state index contributed by atoms with van der Waals surface area (Å²) in [5, 5.41) is 3.27. The summed E-state index contributed by atoms with van der Waals surface area (Å²) >= 11 is 3.37. The van der Waals surface area contributed by atoms with Crippen LogP contribution in [-0.4, -0.2) is 11.5 Å². The highest BCUT2D eigenvalue weighted by atomic mass is 79.9. The summed E-state index contributed by atoms with van der Waals surface area (Å²) in [4.78, 5) is 4.45. The number of benzene rings is 1. The fourth-order valence-electron chi connectivity index (χ4n) is 2.04. The summed E-state index contributed by atoms with van der Waals surface area (Å²) in [6.07, 6.45) is 0. The highest BCUT2D eigenvalue weighted by Crippen LogP contribution is 2.32. The van der Waals surface area contributed by atoms with E-state index in [4.69, 9.17) is 4.74 Å². The van der Waals surface area contributed by atoms with E-state index in [-0.39, 0.29) is 5.82 Å². The molecule has 0 fully saturated rings. The van der Waals surface area contributed by atoms with Crippen LogP contribution in [-0.2, 0) is 6.54 Å². The van der Waals surface area contributed by atoms with Crippen LogP contribution in [0.1, 0.15) is 23.7 Å². The molecule has 0 saturated heterocycles. The van der Waals surface area contributed by atoms with Gasteiger partial charge in [0.1, 0.15) is 11.6 Å². The summed E-state index contributed by atoms with van der Waals surface area (Å²) in [5.41, 5.74) is 2.96. The monoisotopic (exact) mass is 352 g/mol. The van der Waals surface area contributed by atoms with Crippen molar-refractivity contribution in [1.82, 2.24) is 10.3 Å².